The molecule has 1 N–H and O–H groups in total. The summed E-state index contributed by atoms with van der Waals surface area (Å²) < 4.78 is 43.8. The van der Waals surface area contributed by atoms with Crippen molar-refractivity contribution in [3.8, 4) is 11.5 Å². The average molecular weight is 495 g/mol. The van der Waals surface area contributed by atoms with Crippen LogP contribution in [0.5, 0.6) is 11.5 Å². The molecule has 8 nitrogen and oxygen atoms in total. The summed E-state index contributed by atoms with van der Waals surface area (Å²) in [5.41, 5.74) is 2.64. The Hall–Kier alpha value is -3.63. The molecule has 1 aromatic heterocycles. The van der Waals surface area contributed by atoms with Crippen molar-refractivity contribution >= 4 is 32.4 Å². The lowest BCUT2D eigenvalue weighted by Crippen LogP contribution is -2.31. The number of hydrogen-bond acceptors (Lipinski definition) is 8. The minimum absolute atomic E-state index is 0.0101. The number of fused-ring (bicyclic) bond motifs is 1. The molecule has 3 aromatic carbocycles. The van der Waals surface area contributed by atoms with Gasteiger partial charge in [-0.15, -0.1) is 0 Å². The zero-order chi connectivity index (χ0) is 23.5. The Bertz CT molecular complexity index is 1360. The Kier molecular flexibility index (Phi) is 6.08. The van der Waals surface area contributed by atoms with Crippen LogP contribution in [-0.2, 0) is 16.6 Å². The van der Waals surface area contributed by atoms with Crippen molar-refractivity contribution in [2.75, 3.05) is 23.3 Å². The molecule has 0 aliphatic carbocycles. The van der Waals surface area contributed by atoms with Gasteiger partial charge in [0, 0.05) is 17.6 Å². The topological polar surface area (TPSA) is 93.7 Å². The maximum absolute atomic E-state index is 13.7. The highest BCUT2D eigenvalue weighted by Crippen LogP contribution is 2.37. The zero-order valence-electron chi connectivity index (χ0n) is 18.3. The SMILES string of the molecule is COc1ccc(CN(c2ncns2)S(=O)(=O)c2ccc3c(c2)OCC(c2ccccc2)N3)cc1. The molecule has 1 atom stereocenters. The summed E-state index contributed by atoms with van der Waals surface area (Å²) in [7, 11) is -2.35. The first-order valence-corrected chi connectivity index (χ1v) is 12.8. The summed E-state index contributed by atoms with van der Waals surface area (Å²) in [6.07, 6.45) is 1.35. The van der Waals surface area contributed by atoms with Crippen molar-refractivity contribution in [1.82, 2.24) is 9.36 Å². The summed E-state index contributed by atoms with van der Waals surface area (Å²) in [6.45, 7) is 0.500. The van der Waals surface area contributed by atoms with E-state index in [0.717, 1.165) is 28.3 Å². The molecule has 10 heteroatoms. The Balaban J connectivity index is 1.44. The van der Waals surface area contributed by atoms with E-state index in [1.807, 2.05) is 42.5 Å². The lowest BCUT2D eigenvalue weighted by Gasteiger charge is -2.28. The zero-order valence-corrected chi connectivity index (χ0v) is 19.9. The molecule has 174 valence electrons. The summed E-state index contributed by atoms with van der Waals surface area (Å²) in [4.78, 5) is 4.28. The Morgan fingerprint density at radius 3 is 2.62 bits per heavy atom. The van der Waals surface area contributed by atoms with Crippen LogP contribution in [0.25, 0.3) is 0 Å². The molecule has 0 saturated heterocycles. The standard InChI is InChI=1S/C24H22N4O4S2/c1-31-19-9-7-17(8-10-19)14-28(24-25-16-26-33-24)34(29,30)20-11-12-21-23(13-20)32-15-22(27-21)18-5-3-2-4-6-18/h2-13,16,22,27H,14-15H2,1H3. The second-order valence-electron chi connectivity index (χ2n) is 7.66. The molecule has 0 saturated carbocycles. The maximum Gasteiger partial charge on any atom is 0.266 e. The Morgan fingerprint density at radius 2 is 1.91 bits per heavy atom. The van der Waals surface area contributed by atoms with Crippen LogP contribution in [0, 0.1) is 0 Å². The minimum atomic E-state index is -3.93. The lowest BCUT2D eigenvalue weighted by atomic mass is 10.1. The molecule has 1 unspecified atom stereocenters. The molecule has 5 rings (SSSR count). The summed E-state index contributed by atoms with van der Waals surface area (Å²) in [5.74, 6) is 1.19. The van der Waals surface area contributed by atoms with E-state index in [0.29, 0.717) is 18.1 Å². The molecular weight excluding hydrogens is 472 g/mol. The second-order valence-corrected chi connectivity index (χ2v) is 10.3. The minimum Gasteiger partial charge on any atom is -0.497 e. The first-order chi connectivity index (χ1) is 16.5. The Morgan fingerprint density at radius 1 is 1.12 bits per heavy atom. The lowest BCUT2D eigenvalue weighted by molar-refractivity contribution is 0.285. The van der Waals surface area contributed by atoms with Gasteiger partial charge in [0.15, 0.2) is 0 Å². The van der Waals surface area contributed by atoms with Crippen LogP contribution < -0.4 is 19.1 Å². The number of rotatable bonds is 7. The number of benzene rings is 3. The van der Waals surface area contributed by atoms with Crippen molar-refractivity contribution in [2.45, 2.75) is 17.5 Å². The van der Waals surface area contributed by atoms with Gasteiger partial charge in [-0.1, -0.05) is 42.5 Å². The average Bonchev–Trinajstić information content (AvgIpc) is 3.42. The van der Waals surface area contributed by atoms with E-state index in [4.69, 9.17) is 9.47 Å². The van der Waals surface area contributed by atoms with Gasteiger partial charge in [-0.25, -0.2) is 17.7 Å². The van der Waals surface area contributed by atoms with Crippen LogP contribution in [0.2, 0.25) is 0 Å². The van der Waals surface area contributed by atoms with Gasteiger partial charge in [-0.2, -0.15) is 4.37 Å². The number of nitrogens with zero attached hydrogens (tertiary/aromatic N) is 3. The van der Waals surface area contributed by atoms with E-state index < -0.39 is 10.0 Å². The molecule has 0 bridgehead atoms. The molecule has 0 radical (unpaired) electrons. The van der Waals surface area contributed by atoms with Crippen LogP contribution in [0.3, 0.4) is 0 Å². The molecule has 1 aliphatic heterocycles. The van der Waals surface area contributed by atoms with E-state index >= 15 is 0 Å². The number of anilines is 2. The van der Waals surface area contributed by atoms with Crippen molar-refractivity contribution in [2.24, 2.45) is 0 Å². The van der Waals surface area contributed by atoms with E-state index in [1.165, 1.54) is 10.6 Å². The van der Waals surface area contributed by atoms with Gasteiger partial charge in [0.05, 0.1) is 30.3 Å². The van der Waals surface area contributed by atoms with E-state index in [9.17, 15) is 8.42 Å². The molecule has 2 heterocycles. The molecule has 4 aromatic rings. The first kappa shape index (κ1) is 22.2. The van der Waals surface area contributed by atoms with Gasteiger partial charge in [-0.05, 0) is 35.4 Å². The van der Waals surface area contributed by atoms with Gasteiger partial charge >= 0.3 is 0 Å². The van der Waals surface area contributed by atoms with Crippen molar-refractivity contribution in [3.05, 3.63) is 90.3 Å². The highest BCUT2D eigenvalue weighted by Gasteiger charge is 2.30. The normalized spacial score (nSPS) is 15.0. The third-order valence-corrected chi connectivity index (χ3v) is 8.06. The van der Waals surface area contributed by atoms with E-state index in [1.54, 1.807) is 37.4 Å². The monoisotopic (exact) mass is 494 g/mol. The van der Waals surface area contributed by atoms with E-state index in [2.05, 4.69) is 14.7 Å². The van der Waals surface area contributed by atoms with Crippen LogP contribution >= 0.6 is 11.5 Å². The maximum atomic E-state index is 13.7. The van der Waals surface area contributed by atoms with Crippen LogP contribution in [0.1, 0.15) is 17.2 Å². The predicted molar refractivity (Wildman–Crippen MR) is 131 cm³/mol. The van der Waals surface area contributed by atoms with Crippen LogP contribution in [-0.4, -0.2) is 31.5 Å². The summed E-state index contributed by atoms with van der Waals surface area (Å²) >= 11 is 1.02. The third kappa shape index (κ3) is 4.42. The highest BCUT2D eigenvalue weighted by molar-refractivity contribution is 7.93. The van der Waals surface area contributed by atoms with Gasteiger partial charge in [0.2, 0.25) is 5.13 Å². The highest BCUT2D eigenvalue weighted by atomic mass is 32.2. The molecule has 0 spiro atoms. The number of hydrogen-bond donors (Lipinski definition) is 1. The molecule has 34 heavy (non-hydrogen) atoms. The number of nitrogens with one attached hydrogen (secondary N) is 1. The largest absolute Gasteiger partial charge is 0.497 e. The van der Waals surface area contributed by atoms with Gasteiger partial charge in [0.1, 0.15) is 24.4 Å². The number of aromatic nitrogens is 2. The third-order valence-electron chi connectivity index (χ3n) is 5.53. The predicted octanol–water partition coefficient (Wildman–Crippen LogP) is 4.49. The van der Waals surface area contributed by atoms with Gasteiger partial charge in [0.25, 0.3) is 10.0 Å². The van der Waals surface area contributed by atoms with Crippen molar-refractivity contribution < 1.29 is 17.9 Å². The Labute approximate surface area is 202 Å². The fraction of sp³-hybridized carbons (Fsp3) is 0.167. The fourth-order valence-corrected chi connectivity index (χ4v) is 5.88. The number of sulfonamides is 1. The fourth-order valence-electron chi connectivity index (χ4n) is 3.73. The van der Waals surface area contributed by atoms with Gasteiger partial charge in [-0.3, -0.25) is 0 Å². The smallest absolute Gasteiger partial charge is 0.266 e. The summed E-state index contributed by atoms with van der Waals surface area (Å²) in [6, 6.07) is 22.1. The molecular formula is C24H22N4O4S2. The second kappa shape index (κ2) is 9.32. The molecule has 0 fully saturated rings. The van der Waals surface area contributed by atoms with Crippen molar-refractivity contribution in [3.63, 3.8) is 0 Å². The summed E-state index contributed by atoms with van der Waals surface area (Å²) in [5, 5.41) is 3.72. The first-order valence-electron chi connectivity index (χ1n) is 10.6. The van der Waals surface area contributed by atoms with Crippen LogP contribution in [0.4, 0.5) is 10.8 Å². The van der Waals surface area contributed by atoms with E-state index in [-0.39, 0.29) is 22.6 Å². The number of methoxy groups -OCH3 is 1. The van der Waals surface area contributed by atoms with Gasteiger partial charge < -0.3 is 14.8 Å². The molecule has 1 aliphatic rings. The number of ether oxygens (including phenoxy) is 2. The quantitative estimate of drug-likeness (QED) is 0.405. The van der Waals surface area contributed by atoms with Crippen molar-refractivity contribution in [1.29, 1.82) is 0 Å². The molecule has 0 amide bonds. The van der Waals surface area contributed by atoms with Crippen LogP contribution in [0.15, 0.2) is 84.0 Å².